The van der Waals surface area contributed by atoms with Gasteiger partial charge in [-0.2, -0.15) is 0 Å². The number of halogens is 2. The van der Waals surface area contributed by atoms with Crippen LogP contribution in [0.15, 0.2) is 15.9 Å². The van der Waals surface area contributed by atoms with E-state index in [9.17, 15) is 0 Å². The summed E-state index contributed by atoms with van der Waals surface area (Å²) in [6.07, 6.45) is 0. The van der Waals surface area contributed by atoms with Gasteiger partial charge in [-0.05, 0) is 28.1 Å². The van der Waals surface area contributed by atoms with Crippen molar-refractivity contribution in [2.45, 2.75) is 6.54 Å². The number of thiophene rings is 1. The van der Waals surface area contributed by atoms with Gasteiger partial charge in [-0.3, -0.25) is 0 Å². The van der Waals surface area contributed by atoms with Gasteiger partial charge in [0.2, 0.25) is 0 Å². The summed E-state index contributed by atoms with van der Waals surface area (Å²) in [7, 11) is 0. The van der Waals surface area contributed by atoms with Crippen LogP contribution < -0.4 is 5.73 Å². The smallest absolute Gasteiger partial charge is 0.0701 e. The lowest BCUT2D eigenvalue weighted by atomic mass is 10.5. The van der Waals surface area contributed by atoms with Gasteiger partial charge in [0.05, 0.1) is 3.79 Å². The molecule has 1 heterocycles. The highest BCUT2D eigenvalue weighted by atomic mass is 79.9. The van der Waals surface area contributed by atoms with E-state index in [1.165, 1.54) is 4.88 Å². The van der Waals surface area contributed by atoms with E-state index in [-0.39, 0.29) is 12.4 Å². The summed E-state index contributed by atoms with van der Waals surface area (Å²) in [4.78, 5) is 1.22. The lowest BCUT2D eigenvalue weighted by Crippen LogP contribution is -1.90. The van der Waals surface area contributed by atoms with Gasteiger partial charge >= 0.3 is 0 Å². The van der Waals surface area contributed by atoms with Crippen molar-refractivity contribution >= 4 is 39.7 Å². The van der Waals surface area contributed by atoms with Crippen LogP contribution in [-0.2, 0) is 6.54 Å². The van der Waals surface area contributed by atoms with E-state index in [0.29, 0.717) is 6.54 Å². The minimum absolute atomic E-state index is 0. The molecule has 1 aromatic rings. The zero-order chi connectivity index (χ0) is 5.98. The van der Waals surface area contributed by atoms with Gasteiger partial charge in [0.25, 0.3) is 0 Å². The SMILES string of the molecule is Cl.NCc1ccc(Br)s1. The van der Waals surface area contributed by atoms with Gasteiger partial charge in [0, 0.05) is 11.4 Å². The average Bonchev–Trinajstić information content (AvgIpc) is 2.14. The Morgan fingerprint density at radius 1 is 1.56 bits per heavy atom. The molecule has 0 unspecified atom stereocenters. The van der Waals surface area contributed by atoms with E-state index >= 15 is 0 Å². The maximum atomic E-state index is 5.35. The van der Waals surface area contributed by atoms with Crippen LogP contribution >= 0.6 is 39.7 Å². The van der Waals surface area contributed by atoms with E-state index in [0.717, 1.165) is 3.79 Å². The molecular weight excluding hydrogens is 221 g/mol. The van der Waals surface area contributed by atoms with Crippen LogP contribution in [0, 0.1) is 0 Å². The van der Waals surface area contributed by atoms with Gasteiger partial charge in [-0.1, -0.05) is 0 Å². The monoisotopic (exact) mass is 227 g/mol. The Labute approximate surface area is 72.8 Å². The first-order chi connectivity index (χ1) is 3.83. The van der Waals surface area contributed by atoms with Crippen molar-refractivity contribution in [3.8, 4) is 0 Å². The Morgan fingerprint density at radius 3 is 2.44 bits per heavy atom. The third kappa shape index (κ3) is 2.67. The summed E-state index contributed by atoms with van der Waals surface area (Å²) >= 11 is 5.02. The molecule has 0 bridgehead atoms. The second kappa shape index (κ2) is 4.28. The maximum Gasteiger partial charge on any atom is 0.0701 e. The average molecular weight is 229 g/mol. The van der Waals surface area contributed by atoms with Crippen molar-refractivity contribution in [2.75, 3.05) is 0 Å². The molecule has 0 aromatic carbocycles. The highest BCUT2D eigenvalue weighted by molar-refractivity contribution is 9.11. The number of nitrogens with two attached hydrogens (primary N) is 1. The van der Waals surface area contributed by atoms with Gasteiger partial charge in [-0.15, -0.1) is 23.7 Å². The summed E-state index contributed by atoms with van der Waals surface area (Å²) in [5, 5.41) is 0. The fraction of sp³-hybridized carbons (Fsp3) is 0.200. The van der Waals surface area contributed by atoms with Crippen LogP contribution in [0.25, 0.3) is 0 Å². The Kier molecular flexibility index (Phi) is 4.48. The van der Waals surface area contributed by atoms with Crippen molar-refractivity contribution < 1.29 is 0 Å². The number of hydrogen-bond acceptors (Lipinski definition) is 2. The second-order valence-electron chi connectivity index (χ2n) is 1.41. The van der Waals surface area contributed by atoms with E-state index in [2.05, 4.69) is 15.9 Å². The fourth-order valence-corrected chi connectivity index (χ4v) is 1.82. The van der Waals surface area contributed by atoms with Crippen molar-refractivity contribution in [1.29, 1.82) is 0 Å². The van der Waals surface area contributed by atoms with E-state index < -0.39 is 0 Å². The normalized spacial score (nSPS) is 8.67. The molecule has 0 spiro atoms. The molecule has 52 valence electrons. The minimum atomic E-state index is 0. The van der Waals surface area contributed by atoms with Crippen molar-refractivity contribution in [1.82, 2.24) is 0 Å². The lowest BCUT2D eigenvalue weighted by molar-refractivity contribution is 1.11. The topological polar surface area (TPSA) is 26.0 Å². The molecule has 9 heavy (non-hydrogen) atoms. The summed E-state index contributed by atoms with van der Waals surface area (Å²) in [6, 6.07) is 4.03. The molecule has 0 atom stereocenters. The maximum absolute atomic E-state index is 5.35. The molecule has 0 saturated carbocycles. The molecule has 0 aliphatic carbocycles. The quantitative estimate of drug-likeness (QED) is 0.785. The molecule has 1 rings (SSSR count). The first kappa shape index (κ1) is 9.43. The second-order valence-corrected chi connectivity index (χ2v) is 3.96. The van der Waals surface area contributed by atoms with Crippen molar-refractivity contribution in [2.24, 2.45) is 5.73 Å². The third-order valence-electron chi connectivity index (χ3n) is 0.830. The summed E-state index contributed by atoms with van der Waals surface area (Å²) in [5.74, 6) is 0. The zero-order valence-electron chi connectivity index (χ0n) is 4.63. The minimum Gasteiger partial charge on any atom is -0.326 e. The van der Waals surface area contributed by atoms with E-state index in [4.69, 9.17) is 5.73 Å². The van der Waals surface area contributed by atoms with Gasteiger partial charge in [-0.25, -0.2) is 0 Å². The predicted octanol–water partition coefficient (Wildman–Crippen LogP) is 2.39. The molecule has 1 aromatic heterocycles. The lowest BCUT2D eigenvalue weighted by Gasteiger charge is -1.80. The molecule has 0 aliphatic rings. The van der Waals surface area contributed by atoms with Crippen molar-refractivity contribution in [3.05, 3.63) is 20.8 Å². The Hall–Kier alpha value is 0.430. The van der Waals surface area contributed by atoms with Crippen LogP contribution in [0.5, 0.6) is 0 Å². The van der Waals surface area contributed by atoms with Crippen LogP contribution in [0.2, 0.25) is 0 Å². The van der Waals surface area contributed by atoms with Gasteiger partial charge in [0.15, 0.2) is 0 Å². The molecule has 4 heteroatoms. The van der Waals surface area contributed by atoms with E-state index in [1.54, 1.807) is 11.3 Å². The van der Waals surface area contributed by atoms with E-state index in [1.807, 2.05) is 12.1 Å². The van der Waals surface area contributed by atoms with Crippen LogP contribution in [0.1, 0.15) is 4.88 Å². The Bertz CT molecular complexity index is 177. The first-order valence-corrected chi connectivity index (χ1v) is 3.88. The molecule has 1 nitrogen and oxygen atoms in total. The molecule has 0 saturated heterocycles. The summed E-state index contributed by atoms with van der Waals surface area (Å²) in [6.45, 7) is 0.649. The molecular formula is C5H7BrClNS. The van der Waals surface area contributed by atoms with Crippen LogP contribution in [0.4, 0.5) is 0 Å². The molecule has 0 radical (unpaired) electrons. The number of rotatable bonds is 1. The third-order valence-corrected chi connectivity index (χ3v) is 2.48. The first-order valence-electron chi connectivity index (χ1n) is 2.27. The van der Waals surface area contributed by atoms with Crippen molar-refractivity contribution in [3.63, 3.8) is 0 Å². The number of hydrogen-bond donors (Lipinski definition) is 1. The molecule has 2 N–H and O–H groups in total. The van der Waals surface area contributed by atoms with Gasteiger partial charge < -0.3 is 5.73 Å². The Balaban J connectivity index is 0.000000640. The molecule has 0 aliphatic heterocycles. The largest absolute Gasteiger partial charge is 0.326 e. The standard InChI is InChI=1S/C5H6BrNS.ClH/c6-5-2-1-4(3-7)8-5;/h1-2H,3,7H2;1H. The highest BCUT2D eigenvalue weighted by Gasteiger charge is 1.91. The summed E-state index contributed by atoms with van der Waals surface area (Å²) in [5.41, 5.74) is 5.35. The van der Waals surface area contributed by atoms with Crippen LogP contribution in [-0.4, -0.2) is 0 Å². The highest BCUT2D eigenvalue weighted by Crippen LogP contribution is 2.20. The Morgan fingerprint density at radius 2 is 2.22 bits per heavy atom. The summed E-state index contributed by atoms with van der Waals surface area (Å²) < 4.78 is 1.15. The van der Waals surface area contributed by atoms with Gasteiger partial charge in [0.1, 0.15) is 0 Å². The predicted molar refractivity (Wildman–Crippen MR) is 47.2 cm³/mol. The van der Waals surface area contributed by atoms with Crippen LogP contribution in [0.3, 0.4) is 0 Å². The molecule has 0 fully saturated rings. The molecule has 0 amide bonds. The zero-order valence-corrected chi connectivity index (χ0v) is 7.85. The fourth-order valence-electron chi connectivity index (χ4n) is 0.461.